The third-order valence-electron chi connectivity index (χ3n) is 14.3. The number of anilines is 1. The van der Waals surface area contributed by atoms with Gasteiger partial charge in [0.25, 0.3) is 11.8 Å². The van der Waals surface area contributed by atoms with Gasteiger partial charge in [-0.15, -0.1) is 12.7 Å². The first-order chi connectivity index (χ1) is 43.9. The van der Waals surface area contributed by atoms with Gasteiger partial charge in [-0.05, 0) is 176 Å². The van der Waals surface area contributed by atoms with Gasteiger partial charge in [-0.2, -0.15) is 30.0 Å². The van der Waals surface area contributed by atoms with E-state index >= 15 is 0 Å². The van der Waals surface area contributed by atoms with Crippen LogP contribution in [-0.2, 0) is 68.5 Å². The number of carbonyl (C=O) groups excluding carboxylic acids is 2. The van der Waals surface area contributed by atoms with E-state index in [0.29, 0.717) is 45.6 Å². The summed E-state index contributed by atoms with van der Waals surface area (Å²) in [6.07, 6.45) is 23.2. The number of aryl methyl sites for hydroxylation is 8. The van der Waals surface area contributed by atoms with Crippen molar-refractivity contribution in [2.45, 2.75) is 141 Å². The molecule has 6 aromatic heterocycles. The van der Waals surface area contributed by atoms with Crippen molar-refractivity contribution in [2.24, 2.45) is 0 Å². The molecule has 0 bridgehead atoms. The largest absolute Gasteiger partial charge is 1.00 e. The van der Waals surface area contributed by atoms with E-state index in [2.05, 4.69) is 107 Å². The van der Waals surface area contributed by atoms with Gasteiger partial charge in [0, 0.05) is 142 Å². The Morgan fingerprint density at radius 2 is 1.06 bits per heavy atom. The van der Waals surface area contributed by atoms with Crippen molar-refractivity contribution in [1.82, 2.24) is 85.0 Å². The molecule has 2 atom stereocenters. The molecule has 2 saturated heterocycles. The van der Waals surface area contributed by atoms with E-state index in [1.165, 1.54) is 9.59 Å². The van der Waals surface area contributed by atoms with Gasteiger partial charge in [-0.3, -0.25) is 9.59 Å². The Bertz CT molecular complexity index is 3690. The molecular formula is C65H85BCl4F3KN18O2V3. The van der Waals surface area contributed by atoms with Crippen LogP contribution in [0.25, 0.3) is 17.5 Å². The number of hydrogen-bond donors (Lipinski definition) is 1. The van der Waals surface area contributed by atoms with E-state index in [-0.39, 0.29) is 144 Å². The molecule has 2 amide bonds. The van der Waals surface area contributed by atoms with E-state index < -0.39 is 13.3 Å². The predicted octanol–water partition coefficient (Wildman–Crippen LogP) is 11.4. The molecule has 0 unspecified atom stereocenters. The van der Waals surface area contributed by atoms with Crippen molar-refractivity contribution in [3.8, 4) is 11.4 Å². The summed E-state index contributed by atoms with van der Waals surface area (Å²) in [5.74, 6) is 0.816. The summed E-state index contributed by atoms with van der Waals surface area (Å²) in [6, 6.07) is 11.9. The molecule has 1 N–H and O–H groups in total. The zero-order valence-electron chi connectivity index (χ0n) is 56.4. The van der Waals surface area contributed by atoms with Crippen LogP contribution in [0.4, 0.5) is 18.9 Å². The molecule has 2 aliphatic heterocycles. The summed E-state index contributed by atoms with van der Waals surface area (Å²) in [7, 11) is 0. The van der Waals surface area contributed by atoms with Crippen LogP contribution < -0.4 is 61.6 Å². The molecule has 0 spiro atoms. The number of nitrogens with zero attached hydrogens (tertiary/aromatic N) is 17. The summed E-state index contributed by atoms with van der Waals surface area (Å²) in [6.45, 7) is 25.2. The number of benzene rings is 2. The van der Waals surface area contributed by atoms with Crippen molar-refractivity contribution in [3.63, 3.8) is 0 Å². The molecule has 10 rings (SSSR count). The fourth-order valence-electron chi connectivity index (χ4n) is 9.26. The zero-order valence-corrected chi connectivity index (χ0v) is 66.7. The van der Waals surface area contributed by atoms with E-state index in [1.54, 1.807) is 43.4 Å². The van der Waals surface area contributed by atoms with Gasteiger partial charge >= 0.3 is 58.4 Å². The molecule has 0 aliphatic carbocycles. The van der Waals surface area contributed by atoms with Crippen molar-refractivity contribution in [2.75, 3.05) is 44.2 Å². The number of carbonyl (C=O) groups is 2. The van der Waals surface area contributed by atoms with Crippen molar-refractivity contribution in [1.29, 1.82) is 0 Å². The number of rotatable bonds is 12. The van der Waals surface area contributed by atoms with Crippen LogP contribution in [0.1, 0.15) is 139 Å². The maximum Gasteiger partial charge on any atom is 1.00 e. The van der Waals surface area contributed by atoms with E-state index in [0.717, 1.165) is 133 Å². The third kappa shape index (κ3) is 30.8. The first-order valence-corrected chi connectivity index (χ1v) is 31.8. The molecule has 0 saturated carbocycles. The van der Waals surface area contributed by atoms with Gasteiger partial charge in [0.2, 0.25) is 21.8 Å². The molecule has 2 aromatic carbocycles. The number of nitrogens with one attached hydrogen (secondary N) is 1. The van der Waals surface area contributed by atoms with Gasteiger partial charge in [0.15, 0.2) is 0 Å². The minimum atomic E-state index is -4.61. The second kappa shape index (κ2) is 47.7. The van der Waals surface area contributed by atoms with Gasteiger partial charge < -0.3 is 33.0 Å². The summed E-state index contributed by atoms with van der Waals surface area (Å²) in [5.41, 5.74) is 12.0. The zero-order chi connectivity index (χ0) is 67.5. The summed E-state index contributed by atoms with van der Waals surface area (Å²) < 4.78 is 33.1. The maximum atomic E-state index is 13.7. The fraction of sp³-hybridized carbons (Fsp3) is 0.415. The van der Waals surface area contributed by atoms with Crippen LogP contribution in [0.5, 0.6) is 0 Å². The summed E-state index contributed by atoms with van der Waals surface area (Å²) in [4.78, 5) is 68.5. The van der Waals surface area contributed by atoms with E-state index in [4.69, 9.17) is 51.4 Å². The van der Waals surface area contributed by atoms with Crippen molar-refractivity contribution in [3.05, 3.63) is 187 Å². The van der Waals surface area contributed by atoms with Crippen LogP contribution in [0, 0.1) is 41.5 Å². The smallest absolute Gasteiger partial charge is 0.449 e. The third-order valence-corrected chi connectivity index (χ3v) is 15.2. The van der Waals surface area contributed by atoms with Gasteiger partial charge in [-0.25, -0.2) is 39.9 Å². The molecule has 2 fully saturated rings. The Morgan fingerprint density at radius 1 is 0.608 bits per heavy atom. The average molecular weight is 1550 g/mol. The second-order valence-corrected chi connectivity index (χ2v) is 23.2. The Balaban J connectivity index is 0.00000123. The van der Waals surface area contributed by atoms with Gasteiger partial charge in [0.1, 0.15) is 5.15 Å². The van der Waals surface area contributed by atoms with Crippen LogP contribution in [0.2, 0.25) is 27.3 Å². The van der Waals surface area contributed by atoms with Crippen LogP contribution in [-0.4, -0.2) is 150 Å². The average Bonchev–Trinajstić information content (AvgIpc) is 1.81. The molecule has 97 heavy (non-hydrogen) atoms. The van der Waals surface area contributed by atoms with Crippen LogP contribution >= 0.6 is 46.4 Å². The SMILES string of the molecule is C.C/C=C/c1nc(Cl)ncc1C.C=CC[B-](F)(F)F.CCCc1nc(Cl)ncc1C.CCCc1nc(N2CC[C@@H](C)N(C(=O)c3cc(C)ccc3-n3nccn3)CC2)ncc1C.Cc1ccc(-n2nccn2)c(C(=O)N2CCNCC[C@H]2C)c1.Cc1cnc(Cl)nc1Cl.[K+].[V].[V].[V]. The number of halogens is 7. The van der Waals surface area contributed by atoms with Crippen molar-refractivity contribution < 1.29 is 130 Å². The number of allylic oxidation sites excluding steroid dienone is 2. The molecular weight excluding hydrogens is 1470 g/mol. The van der Waals surface area contributed by atoms with Crippen molar-refractivity contribution >= 4 is 77.2 Å². The molecule has 8 aromatic rings. The monoisotopic (exact) mass is 1550 g/mol. The molecule has 515 valence electrons. The minimum Gasteiger partial charge on any atom is -0.449 e. The van der Waals surface area contributed by atoms with Crippen LogP contribution in [0.15, 0.2) is 105 Å². The summed E-state index contributed by atoms with van der Waals surface area (Å²) in [5, 5.41) is 21.4. The fourth-order valence-corrected chi connectivity index (χ4v) is 9.85. The molecule has 3 radical (unpaired) electrons. The molecule has 8 heterocycles. The normalized spacial score (nSPS) is 13.9. The molecule has 2 aliphatic rings. The molecule has 20 nitrogen and oxygen atoms in total. The first-order valence-electron chi connectivity index (χ1n) is 30.3. The number of aromatic nitrogens is 14. The van der Waals surface area contributed by atoms with E-state index in [9.17, 15) is 22.5 Å². The minimum absolute atomic E-state index is 0. The van der Waals surface area contributed by atoms with Gasteiger partial charge in [0.05, 0.1) is 53.0 Å². The number of amides is 2. The first kappa shape index (κ1) is 92.6. The topological polar surface area (TPSA) is 220 Å². The quantitative estimate of drug-likeness (QED) is 0.0520. The Labute approximate surface area is 667 Å². The van der Waals surface area contributed by atoms with Gasteiger partial charge in [-0.1, -0.05) is 81.4 Å². The van der Waals surface area contributed by atoms with E-state index in [1.807, 2.05) is 106 Å². The number of hydrogen-bond acceptors (Lipinski definition) is 16. The molecule has 32 heteroatoms. The van der Waals surface area contributed by atoms with Crippen LogP contribution in [0.3, 0.4) is 0 Å². The maximum absolute atomic E-state index is 13.7. The standard InChI is InChI=1S/C24H31N7O.C16H21N5O.C8H11ClN2.C8H9ClN2.C5H4Cl2N2.C3H5BF3.CH4.K.3V/c1-5-6-21-18(3)16-25-24(28-21)29-12-9-19(4)30(14-13-29)23(32)20-15-17(2)7-8-22(20)31-26-10-11-27-31;1-12-3-4-15(21-18-7-8-19-21)14(11-12)16(22)20-10-9-17-6-5-13(20)2;2*1-3-4-7-6(2)5-10-8(9)11-7;1-3-2-8-5(7)9-4(3)6;1-2-3-4(5,6)7;;;;;/h7-8,10-11,15-16,19H,5-6,9,12-14H2,1-4H3;3-4,7-8,11,13,17H,5-6,9-10H2,1-2H3;5H,3-4H2,1-2H3;3-5H,1-2H3;2H,1H3;2H,1,3H2;1H4;;;;/q;;;;;-1;;+1;;;/b;;;4-3+;;;;;;;/t19-;13-;;;;;;;;;/m11........./s1. The second-order valence-electron chi connectivity index (χ2n) is 21.8. The predicted molar refractivity (Wildman–Crippen MR) is 368 cm³/mol. The summed E-state index contributed by atoms with van der Waals surface area (Å²) >= 11 is 22.2. The Hall–Kier alpha value is -4.38. The Kier molecular flexibility index (Phi) is 45.5. The Morgan fingerprint density at radius 3 is 1.53 bits per heavy atom.